The minimum atomic E-state index is -4.04. The van der Waals surface area contributed by atoms with E-state index in [4.69, 9.17) is 21.1 Å². The summed E-state index contributed by atoms with van der Waals surface area (Å²) in [7, 11) is -4.04. The predicted molar refractivity (Wildman–Crippen MR) is 125 cm³/mol. The SMILES string of the molecule is C=CCN(c1ccccc1)S(=O)(=O)c1ccc(Cl)c(C(=O)OCC(=O)NCC2CCCO2)c1. The van der Waals surface area contributed by atoms with E-state index in [1.54, 1.807) is 30.3 Å². The lowest BCUT2D eigenvalue weighted by Crippen LogP contribution is -2.35. The van der Waals surface area contributed by atoms with Gasteiger partial charge in [0.25, 0.3) is 15.9 Å². The van der Waals surface area contributed by atoms with Crippen LogP contribution >= 0.6 is 11.6 Å². The Morgan fingerprint density at radius 2 is 2.00 bits per heavy atom. The molecule has 1 saturated heterocycles. The van der Waals surface area contributed by atoms with E-state index < -0.39 is 28.5 Å². The van der Waals surface area contributed by atoms with Crippen molar-refractivity contribution < 1.29 is 27.5 Å². The molecular weight excluding hydrogens is 468 g/mol. The van der Waals surface area contributed by atoms with E-state index in [2.05, 4.69) is 11.9 Å². The van der Waals surface area contributed by atoms with Crippen LogP contribution in [-0.4, -0.2) is 52.7 Å². The number of ether oxygens (including phenoxy) is 2. The standard InChI is InChI=1S/C23H25ClN2O6S/c1-2-12-26(17-7-4-3-5-8-17)33(29,30)19-10-11-21(24)20(14-19)23(28)32-16-22(27)25-15-18-9-6-13-31-18/h2-5,7-8,10-11,14,18H,1,6,9,12-13,15-16H2,(H,25,27). The molecule has 2 aromatic carbocycles. The topological polar surface area (TPSA) is 102 Å². The summed E-state index contributed by atoms with van der Waals surface area (Å²) in [6.07, 6.45) is 3.24. The van der Waals surface area contributed by atoms with Gasteiger partial charge in [-0.3, -0.25) is 9.10 Å². The number of amides is 1. The summed E-state index contributed by atoms with van der Waals surface area (Å²) in [6, 6.07) is 12.3. The minimum absolute atomic E-state index is 0.00805. The summed E-state index contributed by atoms with van der Waals surface area (Å²) >= 11 is 6.12. The van der Waals surface area contributed by atoms with Crippen LogP contribution in [0, 0.1) is 0 Å². The van der Waals surface area contributed by atoms with Gasteiger partial charge < -0.3 is 14.8 Å². The van der Waals surface area contributed by atoms with Gasteiger partial charge in [-0.25, -0.2) is 13.2 Å². The van der Waals surface area contributed by atoms with Gasteiger partial charge in [0.15, 0.2) is 6.61 Å². The molecular formula is C23H25ClN2O6S. The fraction of sp³-hybridized carbons (Fsp3) is 0.304. The van der Waals surface area contributed by atoms with Gasteiger partial charge in [0.2, 0.25) is 0 Å². The van der Waals surface area contributed by atoms with E-state index in [-0.39, 0.29) is 28.1 Å². The molecule has 1 N–H and O–H groups in total. The van der Waals surface area contributed by atoms with Crippen LogP contribution in [0.5, 0.6) is 0 Å². The second-order valence-corrected chi connectivity index (χ2v) is 9.59. The van der Waals surface area contributed by atoms with Gasteiger partial charge in [-0.15, -0.1) is 6.58 Å². The van der Waals surface area contributed by atoms with Crippen molar-refractivity contribution in [1.29, 1.82) is 0 Å². The van der Waals surface area contributed by atoms with Crippen LogP contribution in [0.25, 0.3) is 0 Å². The zero-order valence-corrected chi connectivity index (χ0v) is 19.5. The Labute approximate surface area is 198 Å². The summed E-state index contributed by atoms with van der Waals surface area (Å²) in [6.45, 7) is 4.14. The largest absolute Gasteiger partial charge is 0.452 e. The molecule has 2 aromatic rings. The lowest BCUT2D eigenvalue weighted by molar-refractivity contribution is -0.124. The monoisotopic (exact) mass is 492 g/mol. The number of hydrogen-bond donors (Lipinski definition) is 1. The molecule has 10 heteroatoms. The Hall–Kier alpha value is -2.88. The Kier molecular flexibility index (Phi) is 8.49. The van der Waals surface area contributed by atoms with Crippen molar-refractivity contribution in [3.63, 3.8) is 0 Å². The molecule has 1 atom stereocenters. The molecule has 1 fully saturated rings. The van der Waals surface area contributed by atoms with E-state index in [0.29, 0.717) is 18.8 Å². The van der Waals surface area contributed by atoms with Crippen molar-refractivity contribution in [2.75, 3.05) is 30.6 Å². The van der Waals surface area contributed by atoms with Gasteiger partial charge in [0.1, 0.15) is 0 Å². The molecule has 0 radical (unpaired) electrons. The first kappa shape index (κ1) is 24.8. The molecule has 33 heavy (non-hydrogen) atoms. The van der Waals surface area contributed by atoms with Crippen LogP contribution in [0.2, 0.25) is 5.02 Å². The average molecular weight is 493 g/mol. The molecule has 0 saturated carbocycles. The van der Waals surface area contributed by atoms with E-state index >= 15 is 0 Å². The summed E-state index contributed by atoms with van der Waals surface area (Å²) in [5.41, 5.74) is 0.288. The molecule has 0 aromatic heterocycles. The summed E-state index contributed by atoms with van der Waals surface area (Å²) in [4.78, 5) is 24.4. The Balaban J connectivity index is 1.72. The zero-order valence-electron chi connectivity index (χ0n) is 17.9. The van der Waals surface area contributed by atoms with Crippen molar-refractivity contribution in [1.82, 2.24) is 5.32 Å². The average Bonchev–Trinajstić information content (AvgIpc) is 3.34. The number of carbonyl (C=O) groups excluding carboxylic acids is 2. The molecule has 1 aliphatic rings. The van der Waals surface area contributed by atoms with Gasteiger partial charge in [0, 0.05) is 13.2 Å². The van der Waals surface area contributed by atoms with E-state index in [1.807, 2.05) is 0 Å². The maximum atomic E-state index is 13.3. The smallest absolute Gasteiger partial charge is 0.340 e. The molecule has 1 amide bonds. The van der Waals surface area contributed by atoms with Crippen LogP contribution in [0.4, 0.5) is 5.69 Å². The second kappa shape index (κ2) is 11.3. The molecule has 0 spiro atoms. The Bertz CT molecular complexity index is 1100. The number of esters is 1. The fourth-order valence-electron chi connectivity index (χ4n) is 3.30. The van der Waals surface area contributed by atoms with Crippen LogP contribution in [-0.2, 0) is 24.3 Å². The molecule has 0 bridgehead atoms. The van der Waals surface area contributed by atoms with Crippen LogP contribution in [0.1, 0.15) is 23.2 Å². The summed E-state index contributed by atoms with van der Waals surface area (Å²) < 4.78 is 38.2. The molecule has 1 aliphatic heterocycles. The minimum Gasteiger partial charge on any atom is -0.452 e. The number of rotatable bonds is 10. The number of nitrogens with zero attached hydrogens (tertiary/aromatic N) is 1. The number of carbonyl (C=O) groups is 2. The summed E-state index contributed by atoms with van der Waals surface area (Å²) in [5, 5.41) is 2.65. The number of halogens is 1. The maximum absolute atomic E-state index is 13.3. The van der Waals surface area contributed by atoms with Crippen LogP contribution in [0.15, 0.2) is 66.1 Å². The quantitative estimate of drug-likeness (QED) is 0.403. The van der Waals surface area contributed by atoms with Gasteiger partial charge in [0.05, 0.1) is 33.8 Å². The highest BCUT2D eigenvalue weighted by atomic mass is 35.5. The molecule has 1 unspecified atom stereocenters. The zero-order chi connectivity index (χ0) is 23.8. The normalized spacial score (nSPS) is 15.6. The highest BCUT2D eigenvalue weighted by Crippen LogP contribution is 2.27. The number of hydrogen-bond acceptors (Lipinski definition) is 6. The van der Waals surface area contributed by atoms with Gasteiger partial charge in [-0.1, -0.05) is 35.9 Å². The number of anilines is 1. The van der Waals surface area contributed by atoms with Gasteiger partial charge >= 0.3 is 5.97 Å². The fourth-order valence-corrected chi connectivity index (χ4v) is 4.95. The van der Waals surface area contributed by atoms with E-state index in [0.717, 1.165) is 23.2 Å². The van der Waals surface area contributed by atoms with E-state index in [9.17, 15) is 18.0 Å². The second-order valence-electron chi connectivity index (χ2n) is 7.32. The van der Waals surface area contributed by atoms with Gasteiger partial charge in [-0.2, -0.15) is 0 Å². The van der Waals surface area contributed by atoms with Crippen molar-refractivity contribution >= 4 is 39.2 Å². The first-order chi connectivity index (χ1) is 15.8. The van der Waals surface area contributed by atoms with Crippen molar-refractivity contribution in [2.45, 2.75) is 23.8 Å². The number of nitrogens with one attached hydrogen (secondary N) is 1. The third kappa shape index (κ3) is 6.34. The molecule has 0 aliphatic carbocycles. The molecule has 3 rings (SSSR count). The number of sulfonamides is 1. The lowest BCUT2D eigenvalue weighted by atomic mass is 10.2. The lowest BCUT2D eigenvalue weighted by Gasteiger charge is -2.23. The van der Waals surface area contributed by atoms with Crippen molar-refractivity contribution in [2.24, 2.45) is 0 Å². The first-order valence-corrected chi connectivity index (χ1v) is 12.2. The molecule has 1 heterocycles. The molecule has 176 valence electrons. The highest BCUT2D eigenvalue weighted by Gasteiger charge is 2.26. The number of para-hydroxylation sites is 1. The Morgan fingerprint density at radius 1 is 1.24 bits per heavy atom. The predicted octanol–water partition coefficient (Wildman–Crippen LogP) is 3.17. The van der Waals surface area contributed by atoms with E-state index in [1.165, 1.54) is 18.2 Å². The van der Waals surface area contributed by atoms with Crippen molar-refractivity contribution in [3.8, 4) is 0 Å². The third-order valence-corrected chi connectivity index (χ3v) is 7.09. The van der Waals surface area contributed by atoms with Crippen LogP contribution < -0.4 is 9.62 Å². The maximum Gasteiger partial charge on any atom is 0.340 e. The molecule has 8 nitrogen and oxygen atoms in total. The van der Waals surface area contributed by atoms with Crippen molar-refractivity contribution in [3.05, 3.63) is 71.8 Å². The van der Waals surface area contributed by atoms with Crippen LogP contribution in [0.3, 0.4) is 0 Å². The van der Waals surface area contributed by atoms with Gasteiger partial charge in [-0.05, 0) is 43.2 Å². The summed E-state index contributed by atoms with van der Waals surface area (Å²) in [5.74, 6) is -1.39. The third-order valence-electron chi connectivity index (χ3n) is 4.97. The number of benzene rings is 2. The highest BCUT2D eigenvalue weighted by molar-refractivity contribution is 7.92. The Morgan fingerprint density at radius 3 is 2.67 bits per heavy atom. The first-order valence-electron chi connectivity index (χ1n) is 10.4.